The molecule has 17 heavy (non-hydrogen) atoms. The molecule has 1 aromatic rings. The predicted molar refractivity (Wildman–Crippen MR) is 65.0 cm³/mol. The molecule has 0 aliphatic heterocycles. The summed E-state index contributed by atoms with van der Waals surface area (Å²) in [6, 6.07) is 5.03. The van der Waals surface area contributed by atoms with Crippen LogP contribution in [0.4, 0.5) is 4.39 Å². The molecule has 94 valence electrons. The summed E-state index contributed by atoms with van der Waals surface area (Å²) >= 11 is 5.85. The summed E-state index contributed by atoms with van der Waals surface area (Å²) < 4.78 is 18.0. The van der Waals surface area contributed by atoms with Gasteiger partial charge in [0, 0.05) is 11.4 Å². The molecule has 0 bridgehead atoms. The molecule has 1 aromatic carbocycles. The van der Waals surface area contributed by atoms with Crippen LogP contribution in [0, 0.1) is 0 Å². The molecule has 0 radical (unpaired) electrons. The van der Waals surface area contributed by atoms with Crippen LogP contribution < -0.4 is 10.5 Å². The van der Waals surface area contributed by atoms with Crippen LogP contribution in [-0.2, 0) is 11.2 Å². The van der Waals surface area contributed by atoms with Crippen molar-refractivity contribution in [3.05, 3.63) is 28.8 Å². The summed E-state index contributed by atoms with van der Waals surface area (Å²) in [5.41, 5.74) is 5.84. The van der Waals surface area contributed by atoms with Gasteiger partial charge >= 0.3 is 0 Å². The van der Waals surface area contributed by atoms with Crippen LogP contribution in [-0.4, -0.2) is 18.7 Å². The van der Waals surface area contributed by atoms with Gasteiger partial charge in [-0.05, 0) is 37.1 Å². The first-order valence-corrected chi connectivity index (χ1v) is 5.70. The number of carbonyl (C=O) groups is 1. The molecule has 0 aromatic heterocycles. The van der Waals surface area contributed by atoms with Crippen LogP contribution >= 0.6 is 11.6 Å². The summed E-state index contributed by atoms with van der Waals surface area (Å²) in [6.45, 7) is 1.39. The molecule has 0 aliphatic carbocycles. The Balaban J connectivity index is 2.76. The van der Waals surface area contributed by atoms with Gasteiger partial charge in [-0.1, -0.05) is 11.6 Å². The van der Waals surface area contributed by atoms with Gasteiger partial charge in [-0.15, -0.1) is 0 Å². The van der Waals surface area contributed by atoms with E-state index in [9.17, 15) is 9.18 Å². The number of primary amides is 1. The molecule has 5 heteroatoms. The highest BCUT2D eigenvalue weighted by atomic mass is 35.5. The zero-order chi connectivity index (χ0) is 12.8. The molecule has 0 heterocycles. The number of benzene rings is 1. The smallest absolute Gasteiger partial charge is 0.217 e. The number of aryl methyl sites for hydroxylation is 1. The van der Waals surface area contributed by atoms with Crippen LogP contribution in [0.15, 0.2) is 18.2 Å². The van der Waals surface area contributed by atoms with Crippen LogP contribution in [0.5, 0.6) is 5.75 Å². The number of hydrogen-bond acceptors (Lipinski definition) is 2. The Morgan fingerprint density at radius 3 is 2.88 bits per heavy atom. The van der Waals surface area contributed by atoms with Crippen molar-refractivity contribution in [3.63, 3.8) is 0 Å². The van der Waals surface area contributed by atoms with Gasteiger partial charge in [-0.3, -0.25) is 4.79 Å². The molecule has 0 fully saturated rings. The van der Waals surface area contributed by atoms with Gasteiger partial charge in [0.25, 0.3) is 0 Å². The maximum absolute atomic E-state index is 12.7. The van der Waals surface area contributed by atoms with Crippen molar-refractivity contribution in [2.45, 2.75) is 25.9 Å². The number of rotatable bonds is 6. The standard InChI is InChI=1S/C12H15ClFNO2/c1-8(14)7-17-11-4-3-10(13)6-9(11)2-5-12(15)16/h3-4,6,8H,2,5,7H2,1H3,(H2,15,16). The summed E-state index contributed by atoms with van der Waals surface area (Å²) in [7, 11) is 0. The summed E-state index contributed by atoms with van der Waals surface area (Å²) in [4.78, 5) is 10.7. The fraction of sp³-hybridized carbons (Fsp3) is 0.417. The second-order valence-electron chi connectivity index (χ2n) is 3.81. The van der Waals surface area contributed by atoms with E-state index in [-0.39, 0.29) is 13.0 Å². The molecule has 1 atom stereocenters. The largest absolute Gasteiger partial charge is 0.490 e. The van der Waals surface area contributed by atoms with Crippen molar-refractivity contribution in [3.8, 4) is 5.75 Å². The van der Waals surface area contributed by atoms with E-state index in [2.05, 4.69) is 0 Å². The molecule has 0 saturated carbocycles. The van der Waals surface area contributed by atoms with Crippen molar-refractivity contribution in [1.29, 1.82) is 0 Å². The predicted octanol–water partition coefficient (Wildman–Crippen LogP) is 2.49. The Morgan fingerprint density at radius 1 is 1.59 bits per heavy atom. The van der Waals surface area contributed by atoms with Crippen LogP contribution in [0.2, 0.25) is 5.02 Å². The van der Waals surface area contributed by atoms with E-state index in [0.717, 1.165) is 5.56 Å². The van der Waals surface area contributed by atoms with E-state index in [1.165, 1.54) is 6.92 Å². The number of amides is 1. The lowest BCUT2D eigenvalue weighted by Gasteiger charge is -2.12. The molecule has 1 unspecified atom stereocenters. The number of ether oxygens (including phenoxy) is 1. The van der Waals surface area contributed by atoms with E-state index in [1.807, 2.05) is 0 Å². The van der Waals surface area contributed by atoms with E-state index in [0.29, 0.717) is 17.2 Å². The lowest BCUT2D eigenvalue weighted by atomic mass is 10.1. The second kappa shape index (κ2) is 6.45. The highest BCUT2D eigenvalue weighted by Crippen LogP contribution is 2.24. The summed E-state index contributed by atoms with van der Waals surface area (Å²) in [6.07, 6.45) is -0.400. The van der Waals surface area contributed by atoms with E-state index in [4.69, 9.17) is 22.1 Å². The van der Waals surface area contributed by atoms with Gasteiger partial charge in [0.1, 0.15) is 18.5 Å². The van der Waals surface area contributed by atoms with Crippen LogP contribution in [0.1, 0.15) is 18.9 Å². The molecular weight excluding hydrogens is 245 g/mol. The molecule has 0 aliphatic rings. The van der Waals surface area contributed by atoms with Crippen molar-refractivity contribution in [1.82, 2.24) is 0 Å². The molecule has 1 rings (SSSR count). The second-order valence-corrected chi connectivity index (χ2v) is 4.25. The Labute approximate surface area is 105 Å². The topological polar surface area (TPSA) is 52.3 Å². The summed E-state index contributed by atoms with van der Waals surface area (Å²) in [5.74, 6) is 0.148. The van der Waals surface area contributed by atoms with E-state index < -0.39 is 12.1 Å². The maximum Gasteiger partial charge on any atom is 0.217 e. The van der Waals surface area contributed by atoms with Gasteiger partial charge < -0.3 is 10.5 Å². The monoisotopic (exact) mass is 259 g/mol. The van der Waals surface area contributed by atoms with Gasteiger partial charge in [0.2, 0.25) is 5.91 Å². The highest BCUT2D eigenvalue weighted by Gasteiger charge is 2.08. The number of hydrogen-bond donors (Lipinski definition) is 1. The van der Waals surface area contributed by atoms with Crippen molar-refractivity contribution < 1.29 is 13.9 Å². The average Bonchev–Trinajstić information content (AvgIpc) is 2.24. The Morgan fingerprint density at radius 2 is 2.29 bits per heavy atom. The fourth-order valence-corrected chi connectivity index (χ4v) is 1.54. The SMILES string of the molecule is CC(F)COc1ccc(Cl)cc1CCC(N)=O. The Bertz CT molecular complexity index is 396. The fourth-order valence-electron chi connectivity index (χ4n) is 1.35. The maximum atomic E-state index is 12.7. The third-order valence-corrected chi connectivity index (χ3v) is 2.37. The lowest BCUT2D eigenvalue weighted by molar-refractivity contribution is -0.117. The summed E-state index contributed by atoms with van der Waals surface area (Å²) in [5, 5.41) is 0.546. The van der Waals surface area contributed by atoms with E-state index >= 15 is 0 Å². The van der Waals surface area contributed by atoms with Crippen molar-refractivity contribution in [2.24, 2.45) is 5.73 Å². The average molecular weight is 260 g/mol. The molecule has 1 amide bonds. The minimum absolute atomic E-state index is 0.0226. The molecule has 3 nitrogen and oxygen atoms in total. The highest BCUT2D eigenvalue weighted by molar-refractivity contribution is 6.30. The van der Waals surface area contributed by atoms with Gasteiger partial charge in [-0.25, -0.2) is 4.39 Å². The number of carbonyl (C=O) groups excluding carboxylic acids is 1. The van der Waals surface area contributed by atoms with E-state index in [1.54, 1.807) is 18.2 Å². The zero-order valence-corrected chi connectivity index (χ0v) is 10.3. The number of alkyl halides is 1. The minimum atomic E-state index is -1.05. The molecular formula is C12H15ClFNO2. The number of nitrogens with two attached hydrogens (primary N) is 1. The van der Waals surface area contributed by atoms with Crippen LogP contribution in [0.3, 0.4) is 0 Å². The third-order valence-electron chi connectivity index (χ3n) is 2.13. The Kier molecular flexibility index (Phi) is 5.22. The molecule has 2 N–H and O–H groups in total. The van der Waals surface area contributed by atoms with Crippen molar-refractivity contribution >= 4 is 17.5 Å². The lowest BCUT2D eigenvalue weighted by Crippen LogP contribution is -2.13. The normalized spacial score (nSPS) is 12.2. The first-order chi connectivity index (χ1) is 7.99. The van der Waals surface area contributed by atoms with Crippen molar-refractivity contribution in [2.75, 3.05) is 6.61 Å². The zero-order valence-electron chi connectivity index (χ0n) is 9.58. The molecule has 0 spiro atoms. The first-order valence-electron chi connectivity index (χ1n) is 5.32. The Hall–Kier alpha value is -1.29. The van der Waals surface area contributed by atoms with Gasteiger partial charge in [-0.2, -0.15) is 0 Å². The third kappa shape index (κ3) is 5.04. The van der Waals surface area contributed by atoms with Gasteiger partial charge in [0.05, 0.1) is 0 Å². The molecule has 0 saturated heterocycles. The number of halogens is 2. The van der Waals surface area contributed by atoms with Crippen LogP contribution in [0.25, 0.3) is 0 Å². The minimum Gasteiger partial charge on any atom is -0.490 e. The first kappa shape index (κ1) is 13.8. The quantitative estimate of drug-likeness (QED) is 0.853. The van der Waals surface area contributed by atoms with Gasteiger partial charge in [0.15, 0.2) is 0 Å².